The minimum atomic E-state index is -1.17. The maximum atomic E-state index is 14.1. The number of imide groups is 1. The summed E-state index contributed by atoms with van der Waals surface area (Å²) in [7, 11) is 0. The number of carbonyl (C=O) groups excluding carboxylic acids is 5. The van der Waals surface area contributed by atoms with E-state index in [0.717, 1.165) is 40.0 Å². The zero-order valence-corrected chi connectivity index (χ0v) is 25.5. The number of likely N-dealkylation sites (tertiary alicyclic amines) is 1. The molecule has 3 aromatic carbocycles. The van der Waals surface area contributed by atoms with E-state index in [-0.39, 0.29) is 23.7 Å². The predicted octanol–water partition coefficient (Wildman–Crippen LogP) is 5.04. The van der Waals surface area contributed by atoms with Crippen molar-refractivity contribution in [2.24, 2.45) is 17.8 Å². The second-order valence-electron chi connectivity index (χ2n) is 12.2. The zero-order chi connectivity index (χ0) is 31.8. The lowest BCUT2D eigenvalue weighted by molar-refractivity contribution is -0.162. The van der Waals surface area contributed by atoms with Crippen molar-refractivity contribution >= 4 is 35.3 Å². The molecule has 45 heavy (non-hydrogen) atoms. The van der Waals surface area contributed by atoms with Crippen molar-refractivity contribution in [3.8, 4) is 0 Å². The van der Waals surface area contributed by atoms with E-state index >= 15 is 0 Å². The largest absolute Gasteiger partial charge is 0.462 e. The van der Waals surface area contributed by atoms with Crippen molar-refractivity contribution in [2.45, 2.75) is 51.5 Å². The summed E-state index contributed by atoms with van der Waals surface area (Å²) in [5.74, 6) is -4.85. The van der Waals surface area contributed by atoms with E-state index in [9.17, 15) is 24.0 Å². The Labute approximate surface area is 261 Å². The number of hydrogen-bond acceptors (Lipinski definition) is 7. The van der Waals surface area contributed by atoms with E-state index in [2.05, 4.69) is 5.32 Å². The van der Waals surface area contributed by atoms with Crippen LogP contribution in [0.5, 0.6) is 0 Å². The molecule has 3 aliphatic carbocycles. The van der Waals surface area contributed by atoms with Crippen LogP contribution in [-0.4, -0.2) is 53.8 Å². The van der Waals surface area contributed by atoms with Crippen LogP contribution in [-0.2, 0) is 28.7 Å². The number of esters is 2. The van der Waals surface area contributed by atoms with Crippen molar-refractivity contribution in [3.05, 3.63) is 101 Å². The lowest BCUT2D eigenvalue weighted by Crippen LogP contribution is -2.49. The monoisotopic (exact) mass is 608 g/mol. The summed E-state index contributed by atoms with van der Waals surface area (Å²) in [4.78, 5) is 67.6. The third-order valence-electron chi connectivity index (χ3n) is 9.11. The molecular weight excluding hydrogens is 572 g/mol. The fraction of sp³-hybridized carbons (Fsp3) is 0.361. The summed E-state index contributed by atoms with van der Waals surface area (Å²) in [5, 5.41) is 2.64. The van der Waals surface area contributed by atoms with E-state index in [0.29, 0.717) is 17.9 Å². The van der Waals surface area contributed by atoms with Gasteiger partial charge in [-0.2, -0.15) is 0 Å². The maximum absolute atomic E-state index is 14.1. The molecule has 1 fully saturated rings. The van der Waals surface area contributed by atoms with Crippen LogP contribution in [0.4, 0.5) is 5.69 Å². The topological polar surface area (TPSA) is 119 Å². The molecule has 0 unspecified atom stereocenters. The highest BCUT2D eigenvalue weighted by molar-refractivity contribution is 6.10. The van der Waals surface area contributed by atoms with Gasteiger partial charge in [0.1, 0.15) is 6.04 Å². The molecule has 0 radical (unpaired) electrons. The third kappa shape index (κ3) is 5.30. The van der Waals surface area contributed by atoms with Crippen molar-refractivity contribution < 1.29 is 33.4 Å². The molecule has 7 rings (SSSR count). The van der Waals surface area contributed by atoms with Gasteiger partial charge in [-0.3, -0.25) is 19.3 Å². The number of hydrogen-bond donors (Lipinski definition) is 1. The number of rotatable bonds is 10. The van der Waals surface area contributed by atoms with Crippen LogP contribution in [0.25, 0.3) is 0 Å². The minimum Gasteiger partial charge on any atom is -0.462 e. The second kappa shape index (κ2) is 12.3. The van der Waals surface area contributed by atoms with Crippen LogP contribution >= 0.6 is 0 Å². The van der Waals surface area contributed by atoms with Gasteiger partial charge in [-0.25, -0.2) is 9.59 Å². The summed E-state index contributed by atoms with van der Waals surface area (Å²) in [5.41, 5.74) is 4.96. The van der Waals surface area contributed by atoms with Gasteiger partial charge in [-0.15, -0.1) is 0 Å². The Morgan fingerprint density at radius 2 is 1.29 bits per heavy atom. The van der Waals surface area contributed by atoms with Gasteiger partial charge in [0.2, 0.25) is 11.8 Å². The number of nitrogens with one attached hydrogen (secondary N) is 1. The predicted molar refractivity (Wildman–Crippen MR) is 165 cm³/mol. The van der Waals surface area contributed by atoms with Crippen molar-refractivity contribution in [3.63, 3.8) is 0 Å². The lowest BCUT2D eigenvalue weighted by Gasteiger charge is -2.45. The molecule has 2 bridgehead atoms. The molecule has 9 nitrogen and oxygen atoms in total. The van der Waals surface area contributed by atoms with Crippen molar-refractivity contribution in [2.75, 3.05) is 18.5 Å². The number of benzene rings is 3. The van der Waals surface area contributed by atoms with E-state index in [4.69, 9.17) is 9.47 Å². The van der Waals surface area contributed by atoms with Gasteiger partial charge >= 0.3 is 11.9 Å². The molecule has 3 aromatic rings. The van der Waals surface area contributed by atoms with Crippen LogP contribution < -0.4 is 5.32 Å². The normalized spacial score (nSPS) is 21.6. The van der Waals surface area contributed by atoms with Crippen LogP contribution in [0.3, 0.4) is 0 Å². The molecule has 3 atom stereocenters. The van der Waals surface area contributed by atoms with Gasteiger partial charge in [0.25, 0.3) is 5.91 Å². The number of ether oxygens (including phenoxy) is 2. The highest BCUT2D eigenvalue weighted by Crippen LogP contribution is 2.61. The number of carbonyl (C=O) groups is 5. The highest BCUT2D eigenvalue weighted by atomic mass is 16.5. The fourth-order valence-electron chi connectivity index (χ4n) is 7.15. The third-order valence-corrected chi connectivity index (χ3v) is 9.11. The highest BCUT2D eigenvalue weighted by Gasteiger charge is 2.63. The Hall–Kier alpha value is -4.79. The molecule has 0 aromatic heterocycles. The molecule has 0 spiro atoms. The Bertz CT molecular complexity index is 1550. The minimum absolute atomic E-state index is 0.284. The number of anilines is 1. The van der Waals surface area contributed by atoms with Gasteiger partial charge in [0.05, 0.1) is 24.0 Å². The summed E-state index contributed by atoms with van der Waals surface area (Å²) < 4.78 is 10.6. The quantitative estimate of drug-likeness (QED) is 0.195. The van der Waals surface area contributed by atoms with Crippen molar-refractivity contribution in [1.29, 1.82) is 0 Å². The van der Waals surface area contributed by atoms with E-state index < -0.39 is 48.2 Å². The first kappa shape index (κ1) is 30.2. The van der Waals surface area contributed by atoms with Gasteiger partial charge in [0.15, 0.2) is 6.61 Å². The molecule has 3 amide bonds. The van der Waals surface area contributed by atoms with Gasteiger partial charge in [-0.05, 0) is 58.9 Å². The van der Waals surface area contributed by atoms with E-state index in [1.165, 1.54) is 0 Å². The summed E-state index contributed by atoms with van der Waals surface area (Å²) in [6.45, 7) is 5.25. The Morgan fingerprint density at radius 3 is 1.76 bits per heavy atom. The Kier molecular flexibility index (Phi) is 8.27. The Morgan fingerprint density at radius 1 is 0.778 bits per heavy atom. The molecule has 1 N–H and O–H groups in total. The molecular formula is C36H36N2O7. The molecule has 1 aliphatic heterocycles. The number of amides is 3. The summed E-state index contributed by atoms with van der Waals surface area (Å²) in [6.07, 6.45) is 1.69. The molecule has 4 aliphatic rings. The van der Waals surface area contributed by atoms with E-state index in [1.54, 1.807) is 38.1 Å². The fourth-order valence-corrected chi connectivity index (χ4v) is 7.15. The summed E-state index contributed by atoms with van der Waals surface area (Å²) in [6, 6.07) is 20.9. The second-order valence-corrected chi connectivity index (χ2v) is 12.2. The molecule has 9 heteroatoms. The van der Waals surface area contributed by atoms with E-state index in [1.807, 2.05) is 55.5 Å². The van der Waals surface area contributed by atoms with Crippen molar-refractivity contribution in [1.82, 2.24) is 4.90 Å². The first-order valence-corrected chi connectivity index (χ1v) is 15.5. The average Bonchev–Trinajstić information content (AvgIpc) is 3.30. The van der Waals surface area contributed by atoms with Crippen LogP contribution in [0.1, 0.15) is 78.1 Å². The molecule has 1 heterocycles. The SMILES string of the molecule is CCCCOC(=O)c1ccc(NC(=O)COC(=O)[C@H](C(C)C)N2C(=O)[C@@H]3C4c5ccccc5C(c5ccccc54)[C@H]3C2=O)cc1. The molecule has 232 valence electrons. The lowest BCUT2D eigenvalue weighted by atomic mass is 9.55. The van der Waals surface area contributed by atoms with Crippen LogP contribution in [0.15, 0.2) is 72.8 Å². The first-order chi connectivity index (χ1) is 21.7. The average molecular weight is 609 g/mol. The standard InChI is InChI=1S/C36H36N2O7/c1-4-5-18-44-35(42)21-14-16-22(17-15-21)37-27(39)19-45-36(43)32(20(2)3)38-33(40)30-28-23-10-6-7-11-24(23)29(31(30)34(38)41)26-13-9-8-12-25(26)28/h6-17,20,28-32H,4-5,18-19H2,1-3H3,(H,37,39)/t28?,29?,30-,31-,32+/m1/s1. The zero-order valence-electron chi connectivity index (χ0n) is 25.5. The van der Waals surface area contributed by atoms with Gasteiger partial charge < -0.3 is 14.8 Å². The first-order valence-electron chi connectivity index (χ1n) is 15.5. The smallest absolute Gasteiger partial charge is 0.338 e. The Balaban J connectivity index is 1.15. The van der Waals surface area contributed by atoms with Crippen LogP contribution in [0.2, 0.25) is 0 Å². The molecule has 0 saturated carbocycles. The maximum Gasteiger partial charge on any atom is 0.338 e. The number of nitrogens with zero attached hydrogens (tertiary/aromatic N) is 1. The molecule has 1 saturated heterocycles. The van der Waals surface area contributed by atoms with Crippen LogP contribution in [0, 0.1) is 17.8 Å². The van der Waals surface area contributed by atoms with Gasteiger partial charge in [0, 0.05) is 17.5 Å². The number of unbranched alkanes of at least 4 members (excludes halogenated alkanes) is 1. The van der Waals surface area contributed by atoms with Gasteiger partial charge in [-0.1, -0.05) is 75.7 Å². The summed E-state index contributed by atoms with van der Waals surface area (Å²) >= 11 is 0.